The normalized spacial score (nSPS) is 10.6. The lowest BCUT2D eigenvalue weighted by atomic mass is 10.1. The van der Waals surface area contributed by atoms with Gasteiger partial charge in [0.1, 0.15) is 23.4 Å². The first-order valence-electron chi connectivity index (χ1n) is 9.74. The Labute approximate surface area is 192 Å². The van der Waals surface area contributed by atoms with E-state index < -0.39 is 5.82 Å². The number of nitrogens with one attached hydrogen (secondary N) is 1. The molecule has 3 aromatic carbocycles. The molecule has 7 heteroatoms. The number of carbonyl (C=O) groups is 1. The topological polar surface area (TPSA) is 75.0 Å². The van der Waals surface area contributed by atoms with Crippen LogP contribution in [0.2, 0.25) is 0 Å². The molecular formula is C25H17BrFN3O2. The smallest absolute Gasteiger partial charge is 0.251 e. The highest BCUT2D eigenvalue weighted by molar-refractivity contribution is 9.10. The molecule has 0 atom stereocenters. The molecule has 0 saturated carbocycles. The van der Waals surface area contributed by atoms with Crippen LogP contribution in [0.25, 0.3) is 10.9 Å². The summed E-state index contributed by atoms with van der Waals surface area (Å²) in [5.41, 5.74) is 2.46. The fraction of sp³-hybridized carbons (Fsp3) is 0.0800. The van der Waals surface area contributed by atoms with Gasteiger partial charge < -0.3 is 10.1 Å². The van der Waals surface area contributed by atoms with Crippen molar-refractivity contribution in [2.24, 2.45) is 0 Å². The number of carbonyl (C=O) groups excluding carboxylic acids is 1. The molecule has 0 spiro atoms. The molecule has 0 radical (unpaired) electrons. The van der Waals surface area contributed by atoms with Gasteiger partial charge in [-0.2, -0.15) is 5.26 Å². The Balaban J connectivity index is 1.54. The number of hydrogen-bond donors (Lipinski definition) is 1. The molecule has 0 fully saturated rings. The minimum absolute atomic E-state index is 0.0308. The first-order chi connectivity index (χ1) is 15.5. The van der Waals surface area contributed by atoms with Gasteiger partial charge in [-0.15, -0.1) is 0 Å². The highest BCUT2D eigenvalue weighted by Gasteiger charge is 2.14. The molecule has 0 aliphatic rings. The van der Waals surface area contributed by atoms with Crippen molar-refractivity contribution in [3.8, 4) is 17.6 Å². The van der Waals surface area contributed by atoms with E-state index in [9.17, 15) is 9.18 Å². The average molecular weight is 490 g/mol. The summed E-state index contributed by atoms with van der Waals surface area (Å²) in [5, 5.41) is 12.5. The number of nitriles is 1. The number of pyridine rings is 1. The Morgan fingerprint density at radius 3 is 2.78 bits per heavy atom. The number of rotatable bonds is 5. The summed E-state index contributed by atoms with van der Waals surface area (Å²) in [6.07, 6.45) is 1.67. The molecule has 4 rings (SSSR count). The van der Waals surface area contributed by atoms with Crippen LogP contribution in [0.5, 0.6) is 11.5 Å². The van der Waals surface area contributed by atoms with Gasteiger partial charge >= 0.3 is 0 Å². The summed E-state index contributed by atoms with van der Waals surface area (Å²) in [4.78, 5) is 17.1. The standard InChI is InChI=1S/C25H17BrFN3O2/c1-15-19(25(31)30-14-16-5-6-17(13-28)21(27)11-16)3-2-4-23(15)32-24-9-10-29-22-12-18(26)7-8-20(22)24/h2-12H,14H2,1H3,(H,30,31). The van der Waals surface area contributed by atoms with Crippen molar-refractivity contribution in [2.75, 3.05) is 0 Å². The number of hydrogen-bond acceptors (Lipinski definition) is 4. The average Bonchev–Trinajstić information content (AvgIpc) is 2.79. The van der Waals surface area contributed by atoms with Crippen molar-refractivity contribution in [2.45, 2.75) is 13.5 Å². The highest BCUT2D eigenvalue weighted by Crippen LogP contribution is 2.32. The lowest BCUT2D eigenvalue weighted by Gasteiger charge is -2.14. The Morgan fingerprint density at radius 1 is 1.16 bits per heavy atom. The SMILES string of the molecule is Cc1c(Oc2ccnc3cc(Br)ccc23)cccc1C(=O)NCc1ccc(C#N)c(F)c1. The predicted octanol–water partition coefficient (Wildman–Crippen LogP) is 6.04. The van der Waals surface area contributed by atoms with E-state index in [0.29, 0.717) is 28.2 Å². The zero-order valence-corrected chi connectivity index (χ0v) is 18.6. The van der Waals surface area contributed by atoms with E-state index in [4.69, 9.17) is 10.00 Å². The third kappa shape index (κ3) is 4.46. The minimum atomic E-state index is -0.609. The van der Waals surface area contributed by atoms with Gasteiger partial charge in [0, 0.05) is 33.7 Å². The number of nitrogens with zero attached hydrogens (tertiary/aromatic N) is 2. The molecule has 5 nitrogen and oxygen atoms in total. The predicted molar refractivity (Wildman–Crippen MR) is 123 cm³/mol. The molecule has 4 aromatic rings. The van der Waals surface area contributed by atoms with Crippen LogP contribution < -0.4 is 10.1 Å². The van der Waals surface area contributed by atoms with E-state index in [-0.39, 0.29) is 18.0 Å². The Kier molecular flexibility index (Phi) is 6.15. The number of halogens is 2. The lowest BCUT2D eigenvalue weighted by molar-refractivity contribution is 0.0950. The molecule has 0 aliphatic heterocycles. The minimum Gasteiger partial charge on any atom is -0.456 e. The van der Waals surface area contributed by atoms with Gasteiger partial charge in [0.05, 0.1) is 11.1 Å². The Morgan fingerprint density at radius 2 is 2.00 bits per heavy atom. The largest absolute Gasteiger partial charge is 0.456 e. The van der Waals surface area contributed by atoms with E-state index in [1.165, 1.54) is 12.1 Å². The molecular weight excluding hydrogens is 473 g/mol. The second-order valence-corrected chi connectivity index (χ2v) is 8.03. The molecule has 1 amide bonds. The van der Waals surface area contributed by atoms with E-state index in [0.717, 1.165) is 15.4 Å². The fourth-order valence-corrected chi connectivity index (χ4v) is 3.66. The first kappa shape index (κ1) is 21.5. The maximum absolute atomic E-state index is 13.8. The first-order valence-corrected chi connectivity index (χ1v) is 10.5. The molecule has 0 unspecified atom stereocenters. The molecule has 0 bridgehead atoms. The van der Waals surface area contributed by atoms with Gasteiger partial charge in [-0.3, -0.25) is 9.78 Å². The van der Waals surface area contributed by atoms with Crippen molar-refractivity contribution in [1.82, 2.24) is 10.3 Å². The van der Waals surface area contributed by atoms with Crippen LogP contribution in [-0.2, 0) is 6.54 Å². The Bertz CT molecular complexity index is 1380. The zero-order chi connectivity index (χ0) is 22.7. The number of benzene rings is 3. The van der Waals surface area contributed by atoms with Gasteiger partial charge in [0.15, 0.2) is 0 Å². The fourth-order valence-electron chi connectivity index (χ4n) is 3.31. The summed E-state index contributed by atoms with van der Waals surface area (Å²) in [7, 11) is 0. The summed E-state index contributed by atoms with van der Waals surface area (Å²) < 4.78 is 20.9. The third-order valence-corrected chi connectivity index (χ3v) is 5.51. The Hall–Kier alpha value is -3.76. The molecule has 1 N–H and O–H groups in total. The van der Waals surface area contributed by atoms with Crippen LogP contribution in [-0.4, -0.2) is 10.9 Å². The second kappa shape index (κ2) is 9.16. The van der Waals surface area contributed by atoms with Crippen LogP contribution in [0.3, 0.4) is 0 Å². The molecule has 32 heavy (non-hydrogen) atoms. The van der Waals surface area contributed by atoms with E-state index in [2.05, 4.69) is 26.2 Å². The number of fused-ring (bicyclic) bond motifs is 1. The maximum Gasteiger partial charge on any atom is 0.251 e. The molecule has 0 saturated heterocycles. The molecule has 0 aliphatic carbocycles. The highest BCUT2D eigenvalue weighted by atomic mass is 79.9. The van der Waals surface area contributed by atoms with Crippen molar-refractivity contribution in [3.63, 3.8) is 0 Å². The van der Waals surface area contributed by atoms with Crippen LogP contribution in [0.15, 0.2) is 71.3 Å². The van der Waals surface area contributed by atoms with Crippen LogP contribution in [0, 0.1) is 24.1 Å². The quantitative estimate of drug-likeness (QED) is 0.370. The number of amides is 1. The van der Waals surface area contributed by atoms with Crippen LogP contribution in [0.4, 0.5) is 4.39 Å². The van der Waals surface area contributed by atoms with Crippen molar-refractivity contribution < 1.29 is 13.9 Å². The zero-order valence-electron chi connectivity index (χ0n) is 17.0. The summed E-state index contributed by atoms with van der Waals surface area (Å²) in [6, 6.07) is 18.8. The van der Waals surface area contributed by atoms with E-state index in [1.54, 1.807) is 42.6 Å². The third-order valence-electron chi connectivity index (χ3n) is 5.02. The van der Waals surface area contributed by atoms with Gasteiger partial charge in [0.2, 0.25) is 0 Å². The monoisotopic (exact) mass is 489 g/mol. The maximum atomic E-state index is 13.8. The summed E-state index contributed by atoms with van der Waals surface area (Å²) in [5.74, 6) is 0.275. The number of aromatic nitrogens is 1. The van der Waals surface area contributed by atoms with E-state index in [1.807, 2.05) is 25.1 Å². The van der Waals surface area contributed by atoms with Crippen molar-refractivity contribution >= 4 is 32.7 Å². The van der Waals surface area contributed by atoms with E-state index >= 15 is 0 Å². The van der Waals surface area contributed by atoms with Crippen molar-refractivity contribution in [3.05, 3.63) is 99.4 Å². The van der Waals surface area contributed by atoms with Gasteiger partial charge in [0.25, 0.3) is 5.91 Å². The van der Waals surface area contributed by atoms with Gasteiger partial charge in [-0.1, -0.05) is 28.1 Å². The van der Waals surface area contributed by atoms with Crippen LogP contribution >= 0.6 is 15.9 Å². The summed E-state index contributed by atoms with van der Waals surface area (Å²) >= 11 is 3.44. The van der Waals surface area contributed by atoms with Crippen LogP contribution in [0.1, 0.15) is 27.0 Å². The van der Waals surface area contributed by atoms with Gasteiger partial charge in [-0.25, -0.2) is 4.39 Å². The molecule has 1 heterocycles. The van der Waals surface area contributed by atoms with Gasteiger partial charge in [-0.05, 0) is 61.0 Å². The van der Waals surface area contributed by atoms with Crippen molar-refractivity contribution in [1.29, 1.82) is 5.26 Å². The molecule has 158 valence electrons. The summed E-state index contributed by atoms with van der Waals surface area (Å²) in [6.45, 7) is 1.95. The number of ether oxygens (including phenoxy) is 1. The lowest BCUT2D eigenvalue weighted by Crippen LogP contribution is -2.23. The molecule has 1 aromatic heterocycles. The second-order valence-electron chi connectivity index (χ2n) is 7.11.